The summed E-state index contributed by atoms with van der Waals surface area (Å²) in [6, 6.07) is 9.47. The molecule has 10 heteroatoms. The Bertz CT molecular complexity index is 1120. The number of aryl methyl sites for hydroxylation is 1. The van der Waals surface area contributed by atoms with Crippen LogP contribution in [-0.4, -0.2) is 54.1 Å². The third-order valence-electron chi connectivity index (χ3n) is 5.37. The second kappa shape index (κ2) is 8.19. The van der Waals surface area contributed by atoms with Crippen molar-refractivity contribution in [2.75, 3.05) is 13.1 Å². The van der Waals surface area contributed by atoms with Gasteiger partial charge in [0.05, 0.1) is 18.5 Å². The normalized spacial score (nSPS) is 16.0. The maximum atomic E-state index is 12.7. The molecule has 0 radical (unpaired) electrons. The Labute approximate surface area is 181 Å². The van der Waals surface area contributed by atoms with Gasteiger partial charge < -0.3 is 14.7 Å². The third-order valence-corrected chi connectivity index (χ3v) is 6.25. The number of aliphatic hydroxyl groups is 1. The Balaban J connectivity index is 1.38. The smallest absolute Gasteiger partial charge is 0.410 e. The van der Waals surface area contributed by atoms with Crippen molar-refractivity contribution in [3.05, 3.63) is 57.2 Å². The van der Waals surface area contributed by atoms with Crippen LogP contribution in [0.2, 0.25) is 0 Å². The maximum Gasteiger partial charge on any atom is 0.410 e. The molecule has 1 aromatic carbocycles. The Hall–Kier alpha value is -2.72. The lowest BCUT2D eigenvalue weighted by atomic mass is 9.91. The van der Waals surface area contributed by atoms with Crippen molar-refractivity contribution >= 4 is 33.1 Å². The van der Waals surface area contributed by atoms with Crippen LogP contribution in [-0.2, 0) is 24.9 Å². The first kappa shape index (κ1) is 20.5. The fourth-order valence-electron chi connectivity index (χ4n) is 3.57. The van der Waals surface area contributed by atoms with E-state index >= 15 is 0 Å². The van der Waals surface area contributed by atoms with E-state index in [4.69, 9.17) is 4.74 Å². The van der Waals surface area contributed by atoms with Crippen molar-refractivity contribution in [3.63, 3.8) is 0 Å². The van der Waals surface area contributed by atoms with E-state index in [0.717, 1.165) is 5.56 Å². The minimum atomic E-state index is -1.11. The van der Waals surface area contributed by atoms with Crippen LogP contribution in [0.25, 0.3) is 11.0 Å². The van der Waals surface area contributed by atoms with E-state index in [2.05, 4.69) is 26.0 Å². The molecule has 3 aromatic rings. The van der Waals surface area contributed by atoms with Gasteiger partial charge in [-0.3, -0.25) is 14.0 Å². The highest BCUT2D eigenvalue weighted by molar-refractivity contribution is 9.10. The number of benzene rings is 1. The Morgan fingerprint density at radius 1 is 1.23 bits per heavy atom. The lowest BCUT2D eigenvalue weighted by Crippen LogP contribution is -2.49. The molecular weight excluding hydrogens is 454 g/mol. The number of hydrogen-bond acceptors (Lipinski definition) is 6. The number of piperidine rings is 1. The van der Waals surface area contributed by atoms with Gasteiger partial charge in [-0.05, 0) is 34.3 Å². The van der Waals surface area contributed by atoms with Gasteiger partial charge in [0.2, 0.25) is 0 Å². The number of fused-ring (bicyclic) bond motifs is 1. The molecule has 1 amide bonds. The molecule has 158 valence electrons. The van der Waals surface area contributed by atoms with Crippen molar-refractivity contribution in [3.8, 4) is 0 Å². The zero-order chi connectivity index (χ0) is 21.3. The Morgan fingerprint density at radius 2 is 1.93 bits per heavy atom. The summed E-state index contributed by atoms with van der Waals surface area (Å²) >= 11 is 3.36. The number of likely N-dealkylation sites (tertiary alicyclic amines) is 1. The number of aromatic nitrogens is 4. The highest BCUT2D eigenvalue weighted by Gasteiger charge is 2.35. The van der Waals surface area contributed by atoms with Crippen LogP contribution in [0, 0.1) is 0 Å². The molecule has 1 saturated heterocycles. The highest BCUT2D eigenvalue weighted by Crippen LogP contribution is 2.25. The fourth-order valence-corrected chi connectivity index (χ4v) is 3.94. The highest BCUT2D eigenvalue weighted by atomic mass is 79.9. The van der Waals surface area contributed by atoms with Crippen molar-refractivity contribution < 1.29 is 14.6 Å². The van der Waals surface area contributed by atoms with E-state index in [0.29, 0.717) is 36.1 Å². The number of ether oxygens (including phenoxy) is 1. The SMILES string of the molecule is Cn1nc2c(=O)n(CC3(O)CCN(C(=O)OCc4ccccc4)CC3)cnc2c1Br. The quantitative estimate of drug-likeness (QED) is 0.619. The molecule has 2 aromatic heterocycles. The summed E-state index contributed by atoms with van der Waals surface area (Å²) in [5.74, 6) is 0. The maximum absolute atomic E-state index is 12.7. The van der Waals surface area contributed by atoms with Gasteiger partial charge in [-0.1, -0.05) is 30.3 Å². The average Bonchev–Trinajstić information content (AvgIpc) is 3.04. The molecule has 4 rings (SSSR count). The summed E-state index contributed by atoms with van der Waals surface area (Å²) in [4.78, 5) is 30.9. The molecule has 1 aliphatic heterocycles. The molecule has 9 nitrogen and oxygen atoms in total. The molecule has 0 atom stereocenters. The van der Waals surface area contributed by atoms with E-state index in [1.165, 1.54) is 15.6 Å². The van der Waals surface area contributed by atoms with E-state index < -0.39 is 11.7 Å². The van der Waals surface area contributed by atoms with Crippen molar-refractivity contribution in [1.82, 2.24) is 24.2 Å². The van der Waals surface area contributed by atoms with Crippen LogP contribution in [0.3, 0.4) is 0 Å². The van der Waals surface area contributed by atoms with Gasteiger partial charge in [0, 0.05) is 20.1 Å². The third kappa shape index (κ3) is 4.10. The summed E-state index contributed by atoms with van der Waals surface area (Å²) in [7, 11) is 1.72. The molecule has 1 N–H and O–H groups in total. The molecule has 30 heavy (non-hydrogen) atoms. The van der Waals surface area contributed by atoms with Crippen LogP contribution >= 0.6 is 15.9 Å². The van der Waals surface area contributed by atoms with Gasteiger partial charge in [-0.25, -0.2) is 9.78 Å². The van der Waals surface area contributed by atoms with Crippen molar-refractivity contribution in [1.29, 1.82) is 0 Å². The first-order valence-electron chi connectivity index (χ1n) is 9.62. The lowest BCUT2D eigenvalue weighted by molar-refractivity contribution is -0.0338. The first-order chi connectivity index (χ1) is 14.4. The van der Waals surface area contributed by atoms with Crippen LogP contribution < -0.4 is 5.56 Å². The second-order valence-corrected chi connectivity index (χ2v) is 8.29. The number of nitrogens with zero attached hydrogens (tertiary/aromatic N) is 5. The molecule has 0 unspecified atom stereocenters. The summed E-state index contributed by atoms with van der Waals surface area (Å²) in [6.45, 7) is 1.00. The standard InChI is InChI=1S/C20H22BrN5O4/c1-24-17(21)15-16(23-24)18(27)26(13-22-15)12-20(29)7-9-25(10-8-20)19(28)30-11-14-5-3-2-4-6-14/h2-6,13,29H,7-12H2,1H3. The van der Waals surface area contributed by atoms with Crippen LogP contribution in [0.4, 0.5) is 4.79 Å². The van der Waals surface area contributed by atoms with E-state index in [1.807, 2.05) is 30.3 Å². The summed E-state index contributed by atoms with van der Waals surface area (Å²) < 4.78 is 8.91. The Morgan fingerprint density at radius 3 is 2.63 bits per heavy atom. The summed E-state index contributed by atoms with van der Waals surface area (Å²) in [6.07, 6.45) is 1.70. The first-order valence-corrected chi connectivity index (χ1v) is 10.4. The minimum Gasteiger partial charge on any atom is -0.445 e. The number of carbonyl (C=O) groups is 1. The summed E-state index contributed by atoms with van der Waals surface area (Å²) in [5, 5.41) is 15.2. The number of rotatable bonds is 4. The van der Waals surface area contributed by atoms with Gasteiger partial charge in [0.1, 0.15) is 16.7 Å². The molecule has 1 fully saturated rings. The number of amides is 1. The molecule has 0 saturated carbocycles. The molecule has 0 aliphatic carbocycles. The largest absolute Gasteiger partial charge is 0.445 e. The Kier molecular flexibility index (Phi) is 5.61. The van der Waals surface area contributed by atoms with Gasteiger partial charge >= 0.3 is 6.09 Å². The average molecular weight is 476 g/mol. The fraction of sp³-hybridized carbons (Fsp3) is 0.400. The van der Waals surface area contributed by atoms with Gasteiger partial charge in [0.25, 0.3) is 5.56 Å². The molecule has 1 aliphatic rings. The number of halogens is 1. The minimum absolute atomic E-state index is 0.0931. The lowest BCUT2D eigenvalue weighted by Gasteiger charge is -2.37. The van der Waals surface area contributed by atoms with Crippen LogP contribution in [0.5, 0.6) is 0 Å². The zero-order valence-corrected chi connectivity index (χ0v) is 18.1. The van der Waals surface area contributed by atoms with Gasteiger partial charge in [-0.15, -0.1) is 0 Å². The second-order valence-electron chi connectivity index (χ2n) is 7.54. The number of carbonyl (C=O) groups excluding carboxylic acids is 1. The zero-order valence-electron chi connectivity index (χ0n) is 16.5. The molecule has 0 spiro atoms. The van der Waals surface area contributed by atoms with Gasteiger partial charge in [0.15, 0.2) is 5.52 Å². The molecule has 0 bridgehead atoms. The van der Waals surface area contributed by atoms with Crippen LogP contribution in [0.15, 0.2) is 46.1 Å². The van der Waals surface area contributed by atoms with Gasteiger partial charge in [-0.2, -0.15) is 5.10 Å². The van der Waals surface area contributed by atoms with E-state index in [-0.39, 0.29) is 24.2 Å². The van der Waals surface area contributed by atoms with E-state index in [1.54, 1.807) is 11.9 Å². The van der Waals surface area contributed by atoms with Crippen molar-refractivity contribution in [2.45, 2.75) is 31.6 Å². The molecule has 3 heterocycles. The summed E-state index contributed by atoms with van der Waals surface area (Å²) in [5.41, 5.74) is 0.239. The van der Waals surface area contributed by atoms with Crippen molar-refractivity contribution in [2.24, 2.45) is 7.05 Å². The predicted molar refractivity (Wildman–Crippen MR) is 113 cm³/mol. The monoisotopic (exact) mass is 475 g/mol. The molecular formula is C20H22BrN5O4. The van der Waals surface area contributed by atoms with E-state index in [9.17, 15) is 14.7 Å². The predicted octanol–water partition coefficient (Wildman–Crippen LogP) is 2.06. The van der Waals surface area contributed by atoms with Crippen LogP contribution in [0.1, 0.15) is 18.4 Å². The topological polar surface area (TPSA) is 102 Å². The number of hydrogen-bond donors (Lipinski definition) is 1.